The van der Waals surface area contributed by atoms with Crippen molar-refractivity contribution in [3.05, 3.63) is 76.0 Å². The van der Waals surface area contributed by atoms with Crippen LogP contribution in [-0.2, 0) is 6.54 Å². The largest absolute Gasteiger partial charge is 0.512 e. The lowest BCUT2D eigenvalue weighted by atomic mass is 9.97. The Morgan fingerprint density at radius 1 is 1.19 bits per heavy atom. The van der Waals surface area contributed by atoms with Gasteiger partial charge in [0.15, 0.2) is 0 Å². The molecule has 0 spiro atoms. The summed E-state index contributed by atoms with van der Waals surface area (Å²) in [4.78, 5) is 16.6. The zero-order valence-electron chi connectivity index (χ0n) is 14.5. The van der Waals surface area contributed by atoms with E-state index in [9.17, 15) is 15.0 Å². The predicted octanol–water partition coefficient (Wildman–Crippen LogP) is 3.48. The molecule has 0 bridgehead atoms. The summed E-state index contributed by atoms with van der Waals surface area (Å²) in [6.07, 6.45) is 1.66. The van der Waals surface area contributed by atoms with Crippen molar-refractivity contribution in [2.75, 3.05) is 0 Å². The summed E-state index contributed by atoms with van der Waals surface area (Å²) in [6.45, 7) is 3.29. The van der Waals surface area contributed by atoms with Gasteiger partial charge in [-0.15, -0.1) is 0 Å². The van der Waals surface area contributed by atoms with E-state index in [0.29, 0.717) is 16.5 Å². The molecule has 0 amide bonds. The van der Waals surface area contributed by atoms with E-state index in [4.69, 9.17) is 5.41 Å². The highest BCUT2D eigenvalue weighted by molar-refractivity contribution is 6.22. The van der Waals surface area contributed by atoms with E-state index >= 15 is 0 Å². The first-order valence-electron chi connectivity index (χ1n) is 8.10. The number of fused-ring (bicyclic) bond motifs is 1. The number of hydrogen-bond acceptors (Lipinski definition) is 5. The second-order valence-electron chi connectivity index (χ2n) is 6.09. The van der Waals surface area contributed by atoms with E-state index in [0.717, 1.165) is 5.69 Å². The van der Waals surface area contributed by atoms with E-state index in [-0.39, 0.29) is 34.9 Å². The summed E-state index contributed by atoms with van der Waals surface area (Å²) in [6, 6.07) is 11.8. The van der Waals surface area contributed by atoms with E-state index in [1.807, 2.05) is 12.1 Å². The average molecular weight is 349 g/mol. The van der Waals surface area contributed by atoms with Crippen molar-refractivity contribution < 1.29 is 10.2 Å². The fourth-order valence-electron chi connectivity index (χ4n) is 3.02. The van der Waals surface area contributed by atoms with Crippen molar-refractivity contribution in [2.45, 2.75) is 20.4 Å². The molecule has 0 aliphatic rings. The Hall–Kier alpha value is -3.41. The zero-order chi connectivity index (χ0) is 18.8. The maximum Gasteiger partial charge on any atom is 0.251 e. The van der Waals surface area contributed by atoms with Crippen LogP contribution in [-0.4, -0.2) is 25.5 Å². The van der Waals surface area contributed by atoms with Crippen molar-refractivity contribution in [3.63, 3.8) is 0 Å². The monoisotopic (exact) mass is 349 g/mol. The second kappa shape index (κ2) is 6.84. The van der Waals surface area contributed by atoms with Gasteiger partial charge in [-0.05, 0) is 43.5 Å². The minimum Gasteiger partial charge on any atom is -0.512 e. The number of phenolic OH excluding ortho intramolecular Hbond substituents is 1. The van der Waals surface area contributed by atoms with Crippen molar-refractivity contribution in [1.82, 2.24) is 9.55 Å². The minimum absolute atomic E-state index is 0.0473. The molecule has 3 rings (SSSR count). The van der Waals surface area contributed by atoms with E-state index in [1.165, 1.54) is 23.6 Å². The Morgan fingerprint density at radius 3 is 2.58 bits per heavy atom. The lowest BCUT2D eigenvalue weighted by molar-refractivity contribution is 0.417. The number of aromatic nitrogens is 2. The highest BCUT2D eigenvalue weighted by atomic mass is 16.3. The summed E-state index contributed by atoms with van der Waals surface area (Å²) >= 11 is 0. The quantitative estimate of drug-likeness (QED) is 0.496. The SMILES string of the molecule is CC(=N)/C(=C(/C)O)c1cc2ccc(=O)n(Cc3ccccn3)c2cc1O. The molecular weight excluding hydrogens is 330 g/mol. The summed E-state index contributed by atoms with van der Waals surface area (Å²) in [5.41, 5.74) is 1.85. The molecule has 1 aromatic carbocycles. The van der Waals surface area contributed by atoms with Crippen LogP contribution >= 0.6 is 0 Å². The number of nitrogens with one attached hydrogen (secondary N) is 1. The lowest BCUT2D eigenvalue weighted by Crippen LogP contribution is -2.20. The number of pyridine rings is 2. The Kier molecular flexibility index (Phi) is 4.58. The van der Waals surface area contributed by atoms with Crippen LogP contribution in [0.15, 0.2) is 59.2 Å². The van der Waals surface area contributed by atoms with Gasteiger partial charge in [-0.1, -0.05) is 6.07 Å². The third-order valence-corrected chi connectivity index (χ3v) is 4.16. The van der Waals surface area contributed by atoms with Crippen LogP contribution in [0.5, 0.6) is 5.75 Å². The molecule has 0 atom stereocenters. The van der Waals surface area contributed by atoms with Crippen molar-refractivity contribution in [2.24, 2.45) is 0 Å². The summed E-state index contributed by atoms with van der Waals surface area (Å²) < 4.78 is 1.54. The molecule has 2 heterocycles. The molecule has 132 valence electrons. The number of benzene rings is 1. The highest BCUT2D eigenvalue weighted by Gasteiger charge is 2.16. The lowest BCUT2D eigenvalue weighted by Gasteiger charge is -2.14. The summed E-state index contributed by atoms with van der Waals surface area (Å²) in [5.74, 6) is -0.151. The first-order chi connectivity index (χ1) is 12.4. The first-order valence-corrected chi connectivity index (χ1v) is 8.10. The molecular formula is C20H19N3O3. The standard InChI is InChI=1S/C20H19N3O3/c1-12(21)20(13(2)24)16-9-14-6-7-19(26)23(17(14)10-18(16)25)11-15-5-3-4-8-22-15/h3-10,21,24-25H,11H2,1-2H3/b20-13+,21-12?. The van der Waals surface area contributed by atoms with E-state index < -0.39 is 0 Å². The van der Waals surface area contributed by atoms with Gasteiger partial charge in [-0.2, -0.15) is 0 Å². The molecule has 0 unspecified atom stereocenters. The molecule has 0 aliphatic carbocycles. The molecule has 26 heavy (non-hydrogen) atoms. The number of hydrogen-bond donors (Lipinski definition) is 3. The number of aromatic hydroxyl groups is 1. The number of phenols is 1. The Labute approximate surface area is 150 Å². The number of rotatable bonds is 4. The van der Waals surface area contributed by atoms with Gasteiger partial charge in [0.1, 0.15) is 5.75 Å². The normalized spacial score (nSPS) is 12.1. The van der Waals surface area contributed by atoms with Crippen LogP contribution in [0.25, 0.3) is 16.5 Å². The predicted molar refractivity (Wildman–Crippen MR) is 102 cm³/mol. The van der Waals surface area contributed by atoms with Gasteiger partial charge in [-0.25, -0.2) is 0 Å². The minimum atomic E-state index is -0.201. The van der Waals surface area contributed by atoms with Crippen LogP contribution in [0, 0.1) is 5.41 Å². The summed E-state index contributed by atoms with van der Waals surface area (Å²) in [5, 5.41) is 28.9. The number of aliphatic hydroxyl groups excluding tert-OH is 1. The number of nitrogens with zero attached hydrogens (tertiary/aromatic N) is 2. The zero-order valence-corrected chi connectivity index (χ0v) is 14.5. The molecule has 0 aliphatic heterocycles. The van der Waals surface area contributed by atoms with E-state index in [1.54, 1.807) is 31.3 Å². The molecule has 6 heteroatoms. The molecule has 6 nitrogen and oxygen atoms in total. The van der Waals surface area contributed by atoms with Gasteiger partial charge < -0.3 is 20.2 Å². The van der Waals surface area contributed by atoms with Crippen molar-refractivity contribution >= 4 is 22.2 Å². The van der Waals surface area contributed by atoms with Gasteiger partial charge in [0.25, 0.3) is 5.56 Å². The highest BCUT2D eigenvalue weighted by Crippen LogP contribution is 2.32. The molecule has 0 saturated heterocycles. The topological polar surface area (TPSA) is 99.2 Å². The molecule has 3 N–H and O–H groups in total. The molecule has 0 radical (unpaired) electrons. The van der Waals surface area contributed by atoms with Crippen LogP contribution in [0.4, 0.5) is 0 Å². The van der Waals surface area contributed by atoms with Crippen molar-refractivity contribution in [3.8, 4) is 5.75 Å². The van der Waals surface area contributed by atoms with Gasteiger partial charge >= 0.3 is 0 Å². The molecule has 3 aromatic rings. The van der Waals surface area contributed by atoms with E-state index in [2.05, 4.69) is 4.98 Å². The fraction of sp³-hybridized carbons (Fsp3) is 0.150. The van der Waals surface area contributed by atoms with Crippen LogP contribution in [0.2, 0.25) is 0 Å². The van der Waals surface area contributed by atoms with Gasteiger partial charge in [-0.3, -0.25) is 9.78 Å². The van der Waals surface area contributed by atoms with Crippen molar-refractivity contribution in [1.29, 1.82) is 5.41 Å². The maximum atomic E-state index is 12.4. The van der Waals surface area contributed by atoms with Crippen LogP contribution in [0.1, 0.15) is 25.1 Å². The Balaban J connectivity index is 2.22. The Morgan fingerprint density at radius 2 is 1.96 bits per heavy atom. The number of aliphatic hydroxyl groups is 1. The fourth-order valence-corrected chi connectivity index (χ4v) is 3.02. The van der Waals surface area contributed by atoms with Crippen LogP contribution < -0.4 is 5.56 Å². The maximum absolute atomic E-state index is 12.4. The molecule has 0 saturated carbocycles. The molecule has 2 aromatic heterocycles. The smallest absolute Gasteiger partial charge is 0.251 e. The van der Waals surface area contributed by atoms with Gasteiger partial charge in [0.2, 0.25) is 0 Å². The second-order valence-corrected chi connectivity index (χ2v) is 6.09. The van der Waals surface area contributed by atoms with Gasteiger partial charge in [0, 0.05) is 35.2 Å². The number of allylic oxidation sites excluding steroid dienone is 2. The molecule has 0 fully saturated rings. The third-order valence-electron chi connectivity index (χ3n) is 4.16. The third kappa shape index (κ3) is 3.21. The first kappa shape index (κ1) is 17.4. The van der Waals surface area contributed by atoms with Crippen LogP contribution in [0.3, 0.4) is 0 Å². The average Bonchev–Trinajstić information content (AvgIpc) is 2.59. The summed E-state index contributed by atoms with van der Waals surface area (Å²) in [7, 11) is 0. The Bertz CT molecular complexity index is 1080. The van der Waals surface area contributed by atoms with Gasteiger partial charge in [0.05, 0.1) is 23.5 Å².